The predicted molar refractivity (Wildman–Crippen MR) is 93.2 cm³/mol. The van der Waals surface area contributed by atoms with E-state index in [0.29, 0.717) is 12.1 Å². The highest BCUT2D eigenvalue weighted by molar-refractivity contribution is 7.89. The average Bonchev–Trinajstić information content (AvgIpc) is 3.10. The number of aromatic nitrogens is 1. The number of benzene rings is 1. The summed E-state index contributed by atoms with van der Waals surface area (Å²) in [5, 5.41) is 0. The molecule has 0 saturated heterocycles. The van der Waals surface area contributed by atoms with Crippen LogP contribution in [0.5, 0.6) is 0 Å². The summed E-state index contributed by atoms with van der Waals surface area (Å²) in [6.07, 6.45) is 0.813. The molecule has 2 N–H and O–H groups in total. The zero-order valence-electron chi connectivity index (χ0n) is 14.0. The maximum Gasteiger partial charge on any atom is 0.240 e. The van der Waals surface area contributed by atoms with Gasteiger partial charge in [0, 0.05) is 29.2 Å². The second-order valence-corrected chi connectivity index (χ2v) is 7.97. The molecule has 0 radical (unpaired) electrons. The lowest BCUT2D eigenvalue weighted by atomic mass is 10.1. The minimum atomic E-state index is -3.49. The van der Waals surface area contributed by atoms with Gasteiger partial charge in [0.25, 0.3) is 0 Å². The molecule has 24 heavy (non-hydrogen) atoms. The van der Waals surface area contributed by atoms with Crippen molar-refractivity contribution in [3.63, 3.8) is 0 Å². The second kappa shape index (κ2) is 6.07. The fourth-order valence-electron chi connectivity index (χ4n) is 3.15. The topological polar surface area (TPSA) is 82.3 Å². The van der Waals surface area contributed by atoms with Crippen molar-refractivity contribution >= 4 is 21.5 Å². The van der Waals surface area contributed by atoms with E-state index in [1.54, 1.807) is 12.1 Å². The zero-order chi connectivity index (χ0) is 17.5. The fraction of sp³-hybridized carbons (Fsp3) is 0.353. The summed E-state index contributed by atoms with van der Waals surface area (Å²) in [7, 11) is -2.10. The molecule has 0 atom stereocenters. The van der Waals surface area contributed by atoms with E-state index in [-0.39, 0.29) is 17.2 Å². The molecule has 0 fully saturated rings. The van der Waals surface area contributed by atoms with Crippen LogP contribution in [0.15, 0.2) is 29.2 Å². The number of sulfonamides is 1. The van der Waals surface area contributed by atoms with Crippen molar-refractivity contribution in [2.45, 2.75) is 25.2 Å². The number of ketones is 1. The molecule has 0 saturated carbocycles. The number of carbonyl (C=O) groups excluding carboxylic acids is 1. The lowest BCUT2D eigenvalue weighted by Gasteiger charge is -2.19. The lowest BCUT2D eigenvalue weighted by Crippen LogP contribution is -2.28. The van der Waals surface area contributed by atoms with Gasteiger partial charge in [-0.3, -0.25) is 4.79 Å². The Bertz CT molecular complexity index is 900. The summed E-state index contributed by atoms with van der Waals surface area (Å²) >= 11 is 0. The molecule has 1 aliphatic rings. The van der Waals surface area contributed by atoms with E-state index in [0.717, 1.165) is 29.1 Å². The first-order valence-corrected chi connectivity index (χ1v) is 9.31. The highest BCUT2D eigenvalue weighted by Gasteiger charge is 2.25. The molecule has 0 spiro atoms. The maximum atomic E-state index is 12.6. The fourth-order valence-corrected chi connectivity index (χ4v) is 3.90. The maximum absolute atomic E-state index is 12.6. The van der Waals surface area contributed by atoms with E-state index in [4.69, 9.17) is 0 Å². The van der Waals surface area contributed by atoms with Crippen molar-refractivity contribution in [2.75, 3.05) is 25.0 Å². The Kier molecular flexibility index (Phi) is 4.23. The molecule has 7 heteroatoms. The Morgan fingerprint density at radius 3 is 2.67 bits per heavy atom. The first kappa shape index (κ1) is 16.7. The zero-order valence-corrected chi connectivity index (χ0v) is 14.8. The van der Waals surface area contributed by atoms with E-state index in [1.165, 1.54) is 7.05 Å². The number of anilines is 1. The number of Topliss-reactive ketones (excluding diaryl/α,β-unsaturated/α-hetero) is 1. The molecular formula is C17H21N3O3S. The van der Waals surface area contributed by atoms with Crippen LogP contribution < -0.4 is 9.62 Å². The van der Waals surface area contributed by atoms with Gasteiger partial charge in [-0.1, -0.05) is 6.07 Å². The summed E-state index contributed by atoms with van der Waals surface area (Å²) in [6, 6.07) is 6.94. The van der Waals surface area contributed by atoms with Gasteiger partial charge in [0.05, 0.1) is 11.4 Å². The number of rotatable bonds is 5. The van der Waals surface area contributed by atoms with Crippen LogP contribution in [-0.4, -0.2) is 39.3 Å². The van der Waals surface area contributed by atoms with Crippen molar-refractivity contribution in [3.8, 4) is 0 Å². The number of aromatic amines is 1. The van der Waals surface area contributed by atoms with Gasteiger partial charge in [0.15, 0.2) is 5.78 Å². The molecular weight excluding hydrogens is 326 g/mol. The molecule has 1 aromatic carbocycles. The van der Waals surface area contributed by atoms with Crippen LogP contribution in [-0.2, 0) is 16.4 Å². The quantitative estimate of drug-likeness (QED) is 0.808. The summed E-state index contributed by atoms with van der Waals surface area (Å²) in [4.78, 5) is 17.9. The van der Waals surface area contributed by atoms with Gasteiger partial charge in [-0.15, -0.1) is 0 Å². The number of nitrogens with one attached hydrogen (secondary N) is 2. The van der Waals surface area contributed by atoms with Gasteiger partial charge in [-0.2, -0.15) is 0 Å². The standard InChI is InChI=1S/C17H21N3O3S/c1-11-8-15(12(2)19-11)17(21)10-20-7-6-13-4-5-14(9-16(13)20)24(22,23)18-3/h4-5,8-9,18-19H,6-7,10H2,1-3H3. The highest BCUT2D eigenvalue weighted by Crippen LogP contribution is 2.30. The van der Waals surface area contributed by atoms with Gasteiger partial charge in [0.1, 0.15) is 0 Å². The largest absolute Gasteiger partial charge is 0.363 e. The van der Waals surface area contributed by atoms with Crippen molar-refractivity contribution in [1.29, 1.82) is 0 Å². The molecule has 0 bridgehead atoms. The molecule has 2 heterocycles. The second-order valence-electron chi connectivity index (χ2n) is 6.08. The van der Waals surface area contributed by atoms with Crippen LogP contribution in [0, 0.1) is 13.8 Å². The summed E-state index contributed by atoms with van der Waals surface area (Å²) in [6.45, 7) is 4.76. The minimum Gasteiger partial charge on any atom is -0.363 e. The highest BCUT2D eigenvalue weighted by atomic mass is 32.2. The van der Waals surface area contributed by atoms with Crippen molar-refractivity contribution in [1.82, 2.24) is 9.71 Å². The Morgan fingerprint density at radius 1 is 1.29 bits per heavy atom. The van der Waals surface area contributed by atoms with E-state index >= 15 is 0 Å². The number of aryl methyl sites for hydroxylation is 2. The van der Waals surface area contributed by atoms with Crippen LogP contribution in [0.1, 0.15) is 27.3 Å². The van der Waals surface area contributed by atoms with E-state index in [2.05, 4.69) is 9.71 Å². The van der Waals surface area contributed by atoms with Gasteiger partial charge in [0.2, 0.25) is 10.0 Å². The number of H-pyrrole nitrogens is 1. The van der Waals surface area contributed by atoms with E-state index in [9.17, 15) is 13.2 Å². The normalized spacial score (nSPS) is 14.0. The lowest BCUT2D eigenvalue weighted by molar-refractivity contribution is 0.0999. The molecule has 1 aromatic heterocycles. The number of fused-ring (bicyclic) bond motifs is 1. The van der Waals surface area contributed by atoms with Crippen molar-refractivity contribution < 1.29 is 13.2 Å². The Labute approximate surface area is 141 Å². The predicted octanol–water partition coefficient (Wildman–Crippen LogP) is 1.79. The van der Waals surface area contributed by atoms with Gasteiger partial charge in [-0.05, 0) is 51.1 Å². The third-order valence-corrected chi connectivity index (χ3v) is 5.82. The molecule has 0 aliphatic carbocycles. The number of hydrogen-bond acceptors (Lipinski definition) is 4. The molecule has 0 amide bonds. The number of nitrogens with zero attached hydrogens (tertiary/aromatic N) is 1. The van der Waals surface area contributed by atoms with E-state index < -0.39 is 10.0 Å². The SMILES string of the molecule is CNS(=O)(=O)c1ccc2c(c1)N(CC(=O)c1cc(C)[nH]c1C)CC2. The van der Waals surface area contributed by atoms with Gasteiger partial charge in [-0.25, -0.2) is 13.1 Å². The Hall–Kier alpha value is -2.12. The van der Waals surface area contributed by atoms with Crippen LogP contribution >= 0.6 is 0 Å². The average molecular weight is 347 g/mol. The smallest absolute Gasteiger partial charge is 0.240 e. The summed E-state index contributed by atoms with van der Waals surface area (Å²) < 4.78 is 26.3. The van der Waals surface area contributed by atoms with Crippen LogP contribution in [0.3, 0.4) is 0 Å². The Morgan fingerprint density at radius 2 is 2.04 bits per heavy atom. The van der Waals surface area contributed by atoms with Crippen molar-refractivity contribution in [2.24, 2.45) is 0 Å². The first-order chi connectivity index (χ1) is 11.3. The van der Waals surface area contributed by atoms with Gasteiger partial charge >= 0.3 is 0 Å². The monoisotopic (exact) mass is 347 g/mol. The number of carbonyl (C=O) groups is 1. The molecule has 2 aromatic rings. The van der Waals surface area contributed by atoms with Crippen LogP contribution in [0.2, 0.25) is 0 Å². The van der Waals surface area contributed by atoms with Crippen LogP contribution in [0.4, 0.5) is 5.69 Å². The van der Waals surface area contributed by atoms with Crippen molar-refractivity contribution in [3.05, 3.63) is 46.8 Å². The third kappa shape index (κ3) is 2.97. The molecule has 128 valence electrons. The van der Waals surface area contributed by atoms with Crippen LogP contribution in [0.25, 0.3) is 0 Å². The first-order valence-electron chi connectivity index (χ1n) is 7.82. The molecule has 1 aliphatic heterocycles. The number of hydrogen-bond donors (Lipinski definition) is 2. The summed E-state index contributed by atoms with van der Waals surface area (Å²) in [5.41, 5.74) is 4.41. The van der Waals surface area contributed by atoms with E-state index in [1.807, 2.05) is 30.9 Å². The summed E-state index contributed by atoms with van der Waals surface area (Å²) in [5.74, 6) is 0.0339. The molecule has 6 nitrogen and oxygen atoms in total. The molecule has 3 rings (SSSR count). The minimum absolute atomic E-state index is 0.0339. The third-order valence-electron chi connectivity index (χ3n) is 4.41. The Balaban J connectivity index is 1.87. The van der Waals surface area contributed by atoms with Gasteiger partial charge < -0.3 is 9.88 Å². The molecule has 0 unspecified atom stereocenters.